The molecule has 21 heavy (non-hydrogen) atoms. The predicted molar refractivity (Wildman–Crippen MR) is 73.0 cm³/mol. The van der Waals surface area contributed by atoms with Crippen molar-refractivity contribution in [1.29, 1.82) is 0 Å². The molecule has 7 nitrogen and oxygen atoms in total. The van der Waals surface area contributed by atoms with Crippen LogP contribution in [0, 0.1) is 0 Å². The van der Waals surface area contributed by atoms with Gasteiger partial charge in [0.15, 0.2) is 11.1 Å². The van der Waals surface area contributed by atoms with E-state index in [1.54, 1.807) is 12.1 Å². The minimum absolute atomic E-state index is 0.00660. The highest BCUT2D eigenvalue weighted by molar-refractivity contribution is 5.96. The third kappa shape index (κ3) is 1.95. The zero-order valence-electron chi connectivity index (χ0n) is 10.8. The summed E-state index contributed by atoms with van der Waals surface area (Å²) < 4.78 is 10.5. The number of nitrogens with zero attached hydrogens (tertiary/aromatic N) is 1. The molecule has 0 amide bonds. The number of rotatable bonds is 2. The number of aromatic nitrogens is 1. The van der Waals surface area contributed by atoms with Gasteiger partial charge >= 0.3 is 5.97 Å². The van der Waals surface area contributed by atoms with Crippen LogP contribution in [0.1, 0.15) is 10.4 Å². The number of hydrogen-bond acceptors (Lipinski definition) is 6. The van der Waals surface area contributed by atoms with Crippen LogP contribution in [0.3, 0.4) is 0 Å². The Kier molecular flexibility index (Phi) is 2.76. The molecule has 0 aliphatic carbocycles. The summed E-state index contributed by atoms with van der Waals surface area (Å²) in [7, 11) is 1.47. The van der Waals surface area contributed by atoms with Crippen LogP contribution in [0.5, 0.6) is 11.6 Å². The first-order valence-electron chi connectivity index (χ1n) is 5.89. The van der Waals surface area contributed by atoms with Gasteiger partial charge < -0.3 is 19.4 Å². The van der Waals surface area contributed by atoms with Crippen LogP contribution in [0.4, 0.5) is 0 Å². The lowest BCUT2D eigenvalue weighted by atomic mass is 10.1. The van der Waals surface area contributed by atoms with E-state index in [0.29, 0.717) is 5.75 Å². The molecule has 2 N–H and O–H groups in total. The van der Waals surface area contributed by atoms with E-state index in [-0.39, 0.29) is 22.1 Å². The van der Waals surface area contributed by atoms with Gasteiger partial charge in [-0.1, -0.05) is 0 Å². The first-order valence-corrected chi connectivity index (χ1v) is 5.89. The fourth-order valence-electron chi connectivity index (χ4n) is 2.03. The molecule has 0 spiro atoms. The molecule has 2 heterocycles. The Morgan fingerprint density at radius 1 is 1.29 bits per heavy atom. The maximum atomic E-state index is 12.4. The number of aromatic carboxylic acids is 1. The van der Waals surface area contributed by atoms with Crippen LogP contribution in [0.25, 0.3) is 22.1 Å². The van der Waals surface area contributed by atoms with Crippen molar-refractivity contribution in [2.24, 2.45) is 0 Å². The van der Waals surface area contributed by atoms with Gasteiger partial charge in [-0.25, -0.2) is 9.78 Å². The molecule has 7 heteroatoms. The number of carboxylic acid groups (broad SMARTS) is 1. The Bertz CT molecular complexity index is 943. The van der Waals surface area contributed by atoms with Crippen LogP contribution in [0.2, 0.25) is 0 Å². The number of pyridine rings is 1. The van der Waals surface area contributed by atoms with Crippen molar-refractivity contribution in [3.05, 3.63) is 40.1 Å². The molecule has 0 saturated heterocycles. The van der Waals surface area contributed by atoms with Crippen molar-refractivity contribution >= 4 is 28.0 Å². The van der Waals surface area contributed by atoms with Gasteiger partial charge in [-0.05, 0) is 18.2 Å². The monoisotopic (exact) mass is 287 g/mol. The topological polar surface area (TPSA) is 110 Å². The van der Waals surface area contributed by atoms with Crippen molar-refractivity contribution in [3.63, 3.8) is 0 Å². The molecule has 3 rings (SSSR count). The van der Waals surface area contributed by atoms with Crippen LogP contribution in [0.15, 0.2) is 33.5 Å². The molecule has 0 aliphatic heterocycles. The quantitative estimate of drug-likeness (QED) is 0.691. The molecule has 0 aliphatic rings. The minimum Gasteiger partial charge on any atom is -0.497 e. The van der Waals surface area contributed by atoms with E-state index in [0.717, 1.165) is 6.07 Å². The summed E-state index contributed by atoms with van der Waals surface area (Å²) in [4.78, 5) is 26.9. The maximum Gasteiger partial charge on any atom is 0.341 e. The molecule has 0 atom stereocenters. The average Bonchev–Trinajstić information content (AvgIpc) is 2.47. The summed E-state index contributed by atoms with van der Waals surface area (Å²) in [5.41, 5.74) is -0.779. The molecule has 1 aromatic carbocycles. The Balaban J connectivity index is 2.44. The summed E-state index contributed by atoms with van der Waals surface area (Å²) in [5.74, 6) is -1.62. The van der Waals surface area contributed by atoms with Gasteiger partial charge in [0.05, 0.1) is 12.5 Å². The van der Waals surface area contributed by atoms with Gasteiger partial charge in [0.1, 0.15) is 16.9 Å². The number of ether oxygens (including phenoxy) is 1. The predicted octanol–water partition coefficient (Wildman–Crippen LogP) is 1.75. The highest BCUT2D eigenvalue weighted by Gasteiger charge is 2.17. The summed E-state index contributed by atoms with van der Waals surface area (Å²) in [6.45, 7) is 0. The number of fused-ring (bicyclic) bond motifs is 2. The standard InChI is InChI=1S/C14H9NO6/c1-20-6-2-3-9-7(4-6)12(16)11-10(21-9)5-8(14(18)19)13(17)15-11/h2-5H,1H3,(H,15,17)(H,18,19). The normalized spacial score (nSPS) is 10.9. The molecule has 0 unspecified atom stereocenters. The van der Waals surface area contributed by atoms with E-state index in [1.807, 2.05) is 0 Å². The smallest absolute Gasteiger partial charge is 0.341 e. The van der Waals surface area contributed by atoms with Crippen molar-refractivity contribution < 1.29 is 24.2 Å². The van der Waals surface area contributed by atoms with Gasteiger partial charge in [0, 0.05) is 6.07 Å². The molecule has 0 fully saturated rings. The highest BCUT2D eigenvalue weighted by Crippen LogP contribution is 2.25. The molecule has 0 saturated carbocycles. The summed E-state index contributed by atoms with van der Waals surface area (Å²) in [5, 5.41) is 18.8. The lowest BCUT2D eigenvalue weighted by Gasteiger charge is -2.05. The van der Waals surface area contributed by atoms with Gasteiger partial charge in [-0.2, -0.15) is 0 Å². The van der Waals surface area contributed by atoms with E-state index >= 15 is 0 Å². The Morgan fingerprint density at radius 2 is 2.05 bits per heavy atom. The van der Waals surface area contributed by atoms with E-state index in [2.05, 4.69) is 4.98 Å². The molecular weight excluding hydrogens is 278 g/mol. The maximum absolute atomic E-state index is 12.4. The fourth-order valence-corrected chi connectivity index (χ4v) is 2.03. The lowest BCUT2D eigenvalue weighted by Crippen LogP contribution is -2.07. The van der Waals surface area contributed by atoms with Crippen LogP contribution in [-0.2, 0) is 0 Å². The second-order valence-corrected chi connectivity index (χ2v) is 4.30. The van der Waals surface area contributed by atoms with Crippen molar-refractivity contribution in [2.45, 2.75) is 0 Å². The number of aromatic hydroxyl groups is 1. The number of carbonyl (C=O) groups is 1. The largest absolute Gasteiger partial charge is 0.497 e. The highest BCUT2D eigenvalue weighted by atomic mass is 16.5. The van der Waals surface area contributed by atoms with Crippen molar-refractivity contribution in [3.8, 4) is 11.6 Å². The van der Waals surface area contributed by atoms with E-state index in [4.69, 9.17) is 14.3 Å². The number of hydrogen-bond donors (Lipinski definition) is 2. The number of methoxy groups -OCH3 is 1. The molecule has 2 aromatic heterocycles. The SMILES string of the molecule is COc1ccc2oc3cc(C(=O)O)c(O)nc3c(=O)c2c1. The Hall–Kier alpha value is -3.09. The molecular formula is C14H9NO6. The second-order valence-electron chi connectivity index (χ2n) is 4.30. The zero-order chi connectivity index (χ0) is 15.1. The molecule has 106 valence electrons. The lowest BCUT2D eigenvalue weighted by molar-refractivity contribution is 0.0693. The van der Waals surface area contributed by atoms with Crippen molar-refractivity contribution in [2.75, 3.05) is 7.11 Å². The fraction of sp³-hybridized carbons (Fsp3) is 0.0714. The van der Waals surface area contributed by atoms with E-state index in [1.165, 1.54) is 13.2 Å². The van der Waals surface area contributed by atoms with Gasteiger partial charge in [0.2, 0.25) is 11.3 Å². The van der Waals surface area contributed by atoms with E-state index < -0.39 is 22.8 Å². The van der Waals surface area contributed by atoms with Gasteiger partial charge in [-0.3, -0.25) is 4.79 Å². The third-order valence-corrected chi connectivity index (χ3v) is 3.06. The molecule has 3 aromatic rings. The average molecular weight is 287 g/mol. The first kappa shape index (κ1) is 12.9. The minimum atomic E-state index is -1.36. The van der Waals surface area contributed by atoms with Gasteiger partial charge in [0.25, 0.3) is 0 Å². The van der Waals surface area contributed by atoms with E-state index in [9.17, 15) is 14.7 Å². The summed E-state index contributed by atoms with van der Waals surface area (Å²) >= 11 is 0. The second kappa shape index (κ2) is 4.48. The summed E-state index contributed by atoms with van der Waals surface area (Å²) in [6, 6.07) is 5.72. The van der Waals surface area contributed by atoms with Crippen molar-refractivity contribution in [1.82, 2.24) is 4.98 Å². The number of benzene rings is 1. The van der Waals surface area contributed by atoms with Crippen LogP contribution < -0.4 is 10.2 Å². The Morgan fingerprint density at radius 3 is 2.71 bits per heavy atom. The third-order valence-electron chi connectivity index (χ3n) is 3.06. The molecule has 0 bridgehead atoms. The van der Waals surface area contributed by atoms with Gasteiger partial charge in [-0.15, -0.1) is 0 Å². The summed E-state index contributed by atoms with van der Waals surface area (Å²) in [6.07, 6.45) is 0. The first-order chi connectivity index (χ1) is 10.0. The zero-order valence-corrected chi connectivity index (χ0v) is 10.8. The van der Waals surface area contributed by atoms with Crippen LogP contribution >= 0.6 is 0 Å². The Labute approximate surface area is 117 Å². The number of carboxylic acids is 1. The van der Waals surface area contributed by atoms with Crippen LogP contribution in [-0.4, -0.2) is 28.3 Å². The molecule has 0 radical (unpaired) electrons.